The SMILES string of the molecule is O=C(C=Cc1ccc(Cl)cc1)NCCCn1cccn1. The van der Waals surface area contributed by atoms with Crippen molar-refractivity contribution in [2.45, 2.75) is 13.0 Å². The molecule has 20 heavy (non-hydrogen) atoms. The minimum absolute atomic E-state index is 0.0968. The molecule has 0 saturated heterocycles. The minimum Gasteiger partial charge on any atom is -0.352 e. The second-order valence-corrected chi connectivity index (χ2v) is 4.74. The van der Waals surface area contributed by atoms with Crippen molar-refractivity contribution in [1.29, 1.82) is 0 Å². The van der Waals surface area contributed by atoms with E-state index in [4.69, 9.17) is 11.6 Å². The van der Waals surface area contributed by atoms with Gasteiger partial charge in [0, 0.05) is 36.6 Å². The van der Waals surface area contributed by atoms with Crippen LogP contribution in [0.5, 0.6) is 0 Å². The largest absolute Gasteiger partial charge is 0.352 e. The molecule has 0 atom stereocenters. The molecule has 104 valence electrons. The molecule has 0 saturated carbocycles. The fraction of sp³-hybridized carbons (Fsp3) is 0.200. The summed E-state index contributed by atoms with van der Waals surface area (Å²) in [5, 5.41) is 7.61. The normalized spacial score (nSPS) is 10.8. The van der Waals surface area contributed by atoms with Crippen LogP contribution in [0.4, 0.5) is 0 Å². The second kappa shape index (κ2) is 7.50. The van der Waals surface area contributed by atoms with Crippen molar-refractivity contribution in [3.8, 4) is 0 Å². The Morgan fingerprint density at radius 2 is 2.15 bits per heavy atom. The summed E-state index contributed by atoms with van der Waals surface area (Å²) in [7, 11) is 0. The molecule has 0 spiro atoms. The Morgan fingerprint density at radius 3 is 2.85 bits per heavy atom. The predicted molar refractivity (Wildman–Crippen MR) is 80.3 cm³/mol. The molecule has 2 rings (SSSR count). The molecule has 0 bridgehead atoms. The summed E-state index contributed by atoms with van der Waals surface area (Å²) in [6.45, 7) is 1.43. The van der Waals surface area contributed by atoms with E-state index in [-0.39, 0.29) is 5.91 Å². The van der Waals surface area contributed by atoms with Crippen LogP contribution >= 0.6 is 11.6 Å². The highest BCUT2D eigenvalue weighted by molar-refractivity contribution is 6.30. The van der Waals surface area contributed by atoms with Crippen LogP contribution in [-0.4, -0.2) is 22.2 Å². The first kappa shape index (κ1) is 14.3. The van der Waals surface area contributed by atoms with Crippen LogP contribution in [0.1, 0.15) is 12.0 Å². The lowest BCUT2D eigenvalue weighted by atomic mass is 10.2. The number of aromatic nitrogens is 2. The molecule has 0 fully saturated rings. The Balaban J connectivity index is 1.68. The summed E-state index contributed by atoms with van der Waals surface area (Å²) in [6.07, 6.45) is 7.79. The van der Waals surface area contributed by atoms with Crippen molar-refractivity contribution in [2.75, 3.05) is 6.54 Å². The van der Waals surface area contributed by atoms with Gasteiger partial charge in [-0.3, -0.25) is 9.48 Å². The Morgan fingerprint density at radius 1 is 1.35 bits per heavy atom. The third-order valence-electron chi connectivity index (χ3n) is 2.72. The van der Waals surface area contributed by atoms with Crippen molar-refractivity contribution in [1.82, 2.24) is 15.1 Å². The van der Waals surface area contributed by atoms with Crippen molar-refractivity contribution in [2.24, 2.45) is 0 Å². The van der Waals surface area contributed by atoms with Gasteiger partial charge in [-0.05, 0) is 36.3 Å². The molecule has 1 aromatic heterocycles. The van der Waals surface area contributed by atoms with Crippen LogP contribution in [0, 0.1) is 0 Å². The molecule has 0 unspecified atom stereocenters. The van der Waals surface area contributed by atoms with Gasteiger partial charge in [-0.2, -0.15) is 5.10 Å². The Bertz CT molecular complexity index is 561. The molecule has 4 nitrogen and oxygen atoms in total. The van der Waals surface area contributed by atoms with Gasteiger partial charge < -0.3 is 5.32 Å². The van der Waals surface area contributed by atoms with E-state index in [9.17, 15) is 4.79 Å². The number of amides is 1. The number of rotatable bonds is 6. The molecule has 2 aromatic rings. The Kier molecular flexibility index (Phi) is 5.38. The topological polar surface area (TPSA) is 46.9 Å². The van der Waals surface area contributed by atoms with Gasteiger partial charge in [0.1, 0.15) is 0 Å². The summed E-state index contributed by atoms with van der Waals surface area (Å²) < 4.78 is 1.84. The second-order valence-electron chi connectivity index (χ2n) is 4.30. The van der Waals surface area contributed by atoms with Crippen LogP contribution in [0.15, 0.2) is 48.8 Å². The maximum Gasteiger partial charge on any atom is 0.244 e. The van der Waals surface area contributed by atoms with E-state index in [2.05, 4.69) is 10.4 Å². The van der Waals surface area contributed by atoms with E-state index < -0.39 is 0 Å². The number of hydrogen-bond acceptors (Lipinski definition) is 2. The van der Waals surface area contributed by atoms with Crippen molar-refractivity contribution in [3.05, 3.63) is 59.4 Å². The summed E-state index contributed by atoms with van der Waals surface area (Å²) in [5.41, 5.74) is 0.945. The lowest BCUT2D eigenvalue weighted by Gasteiger charge is -2.02. The van der Waals surface area contributed by atoms with Gasteiger partial charge >= 0.3 is 0 Å². The quantitative estimate of drug-likeness (QED) is 0.656. The summed E-state index contributed by atoms with van der Waals surface area (Å²) in [6, 6.07) is 9.20. The zero-order chi connectivity index (χ0) is 14.2. The van der Waals surface area contributed by atoms with Crippen molar-refractivity contribution < 1.29 is 4.79 Å². The highest BCUT2D eigenvalue weighted by Gasteiger charge is 1.96. The molecule has 0 radical (unpaired) electrons. The van der Waals surface area contributed by atoms with E-state index in [1.54, 1.807) is 24.4 Å². The number of carbonyl (C=O) groups excluding carboxylic acids is 1. The van der Waals surface area contributed by atoms with Gasteiger partial charge in [-0.1, -0.05) is 23.7 Å². The third-order valence-corrected chi connectivity index (χ3v) is 2.97. The van der Waals surface area contributed by atoms with Gasteiger partial charge in [0.2, 0.25) is 5.91 Å². The molecule has 0 aliphatic carbocycles. The zero-order valence-electron chi connectivity index (χ0n) is 11.0. The Hall–Kier alpha value is -2.07. The molecular formula is C15H16ClN3O. The van der Waals surface area contributed by atoms with E-state index in [0.29, 0.717) is 11.6 Å². The average Bonchev–Trinajstić information content (AvgIpc) is 2.96. The lowest BCUT2D eigenvalue weighted by molar-refractivity contribution is -0.116. The van der Waals surface area contributed by atoms with Crippen molar-refractivity contribution >= 4 is 23.6 Å². The molecule has 1 heterocycles. The molecular weight excluding hydrogens is 274 g/mol. The Labute approximate surface area is 123 Å². The molecule has 1 amide bonds. The predicted octanol–water partition coefficient (Wildman–Crippen LogP) is 2.76. The third kappa shape index (κ3) is 4.90. The van der Waals surface area contributed by atoms with E-state index in [1.165, 1.54) is 6.08 Å². The lowest BCUT2D eigenvalue weighted by Crippen LogP contribution is -2.23. The average molecular weight is 290 g/mol. The van der Waals surface area contributed by atoms with Gasteiger partial charge in [-0.15, -0.1) is 0 Å². The van der Waals surface area contributed by atoms with Crippen LogP contribution < -0.4 is 5.32 Å². The molecule has 0 aliphatic rings. The monoisotopic (exact) mass is 289 g/mol. The highest BCUT2D eigenvalue weighted by Crippen LogP contribution is 2.10. The number of nitrogens with zero attached hydrogens (tertiary/aromatic N) is 2. The first-order valence-electron chi connectivity index (χ1n) is 6.43. The highest BCUT2D eigenvalue weighted by atomic mass is 35.5. The first-order valence-corrected chi connectivity index (χ1v) is 6.81. The number of hydrogen-bond donors (Lipinski definition) is 1. The van der Waals surface area contributed by atoms with E-state index >= 15 is 0 Å². The molecule has 1 aromatic carbocycles. The van der Waals surface area contributed by atoms with Crippen LogP contribution in [0.25, 0.3) is 6.08 Å². The van der Waals surface area contributed by atoms with Crippen LogP contribution in [-0.2, 0) is 11.3 Å². The number of nitrogens with one attached hydrogen (secondary N) is 1. The number of aryl methyl sites for hydroxylation is 1. The van der Waals surface area contributed by atoms with E-state index in [0.717, 1.165) is 18.5 Å². The number of carbonyl (C=O) groups is 1. The first-order chi connectivity index (χ1) is 9.74. The fourth-order valence-electron chi connectivity index (χ4n) is 1.69. The number of benzene rings is 1. The molecule has 0 aliphatic heterocycles. The van der Waals surface area contributed by atoms with Gasteiger partial charge in [0.05, 0.1) is 0 Å². The van der Waals surface area contributed by atoms with Gasteiger partial charge in [-0.25, -0.2) is 0 Å². The molecule has 5 heteroatoms. The van der Waals surface area contributed by atoms with Crippen LogP contribution in [0.3, 0.4) is 0 Å². The molecule has 1 N–H and O–H groups in total. The van der Waals surface area contributed by atoms with Gasteiger partial charge in [0.15, 0.2) is 0 Å². The summed E-state index contributed by atoms with van der Waals surface area (Å²) >= 11 is 5.79. The minimum atomic E-state index is -0.0968. The number of halogens is 1. The van der Waals surface area contributed by atoms with Gasteiger partial charge in [0.25, 0.3) is 0 Å². The fourth-order valence-corrected chi connectivity index (χ4v) is 1.82. The maximum absolute atomic E-state index is 11.6. The summed E-state index contributed by atoms with van der Waals surface area (Å²) in [5.74, 6) is -0.0968. The smallest absolute Gasteiger partial charge is 0.244 e. The zero-order valence-corrected chi connectivity index (χ0v) is 11.8. The standard InChI is InChI=1S/C15H16ClN3O/c16-14-6-3-13(4-7-14)5-8-15(20)17-9-1-11-19-12-2-10-18-19/h2-8,10,12H,1,9,11H2,(H,17,20). The van der Waals surface area contributed by atoms with Crippen LogP contribution in [0.2, 0.25) is 5.02 Å². The van der Waals surface area contributed by atoms with E-state index in [1.807, 2.05) is 29.1 Å². The van der Waals surface area contributed by atoms with Crippen molar-refractivity contribution in [3.63, 3.8) is 0 Å². The maximum atomic E-state index is 11.6. The summed E-state index contributed by atoms with van der Waals surface area (Å²) in [4.78, 5) is 11.6.